The third-order valence-electron chi connectivity index (χ3n) is 5.72. The van der Waals surface area contributed by atoms with Crippen LogP contribution in [0.4, 0.5) is 5.69 Å². The number of rotatable bonds is 4. The minimum Gasteiger partial charge on any atom is -0.495 e. The average Bonchev–Trinajstić information content (AvgIpc) is 3.19. The topological polar surface area (TPSA) is 67.7 Å². The molecule has 1 aromatic carbocycles. The fraction of sp³-hybridized carbons (Fsp3) is 0.476. The van der Waals surface area contributed by atoms with Crippen molar-refractivity contribution in [3.63, 3.8) is 0 Å². The number of ether oxygens (including phenoxy) is 1. The van der Waals surface area contributed by atoms with Crippen molar-refractivity contribution in [2.24, 2.45) is 0 Å². The lowest BCUT2D eigenvalue weighted by Crippen LogP contribution is -2.51. The Morgan fingerprint density at radius 3 is 2.64 bits per heavy atom. The number of anilines is 1. The summed E-state index contributed by atoms with van der Waals surface area (Å²) in [7, 11) is 1.67. The first-order valence-electron chi connectivity index (χ1n) is 9.87. The molecule has 7 nitrogen and oxygen atoms in total. The van der Waals surface area contributed by atoms with Crippen LogP contribution in [0.5, 0.6) is 5.75 Å². The minimum absolute atomic E-state index is 0.0489. The molecule has 0 N–H and O–H groups in total. The molecule has 1 aliphatic carbocycles. The second kappa shape index (κ2) is 7.66. The van der Waals surface area contributed by atoms with Crippen LogP contribution in [0.2, 0.25) is 0 Å². The lowest BCUT2D eigenvalue weighted by atomic mass is 10.2. The highest BCUT2D eigenvalue weighted by Crippen LogP contribution is 2.28. The monoisotopic (exact) mass is 382 g/mol. The van der Waals surface area contributed by atoms with E-state index in [-0.39, 0.29) is 11.5 Å². The van der Waals surface area contributed by atoms with Crippen molar-refractivity contribution in [1.82, 2.24) is 14.7 Å². The molecular formula is C21H26N4O3. The second-order valence-electron chi connectivity index (χ2n) is 7.41. The summed E-state index contributed by atoms with van der Waals surface area (Å²) < 4.78 is 6.81. The molecule has 0 bridgehead atoms. The molecule has 0 spiro atoms. The first-order valence-corrected chi connectivity index (χ1v) is 9.87. The molecule has 1 atom stereocenters. The third-order valence-corrected chi connectivity index (χ3v) is 5.72. The highest BCUT2D eigenvalue weighted by molar-refractivity contribution is 5.80. The number of benzene rings is 1. The van der Waals surface area contributed by atoms with Crippen LogP contribution in [-0.4, -0.2) is 53.9 Å². The molecule has 2 aliphatic rings. The number of aromatic nitrogens is 2. The minimum atomic E-state index is -0.587. The van der Waals surface area contributed by atoms with Crippen molar-refractivity contribution in [2.75, 3.05) is 38.2 Å². The van der Waals surface area contributed by atoms with Gasteiger partial charge >= 0.3 is 0 Å². The molecule has 1 aliphatic heterocycles. The molecule has 0 saturated carbocycles. The van der Waals surface area contributed by atoms with Crippen molar-refractivity contribution in [3.8, 4) is 5.75 Å². The van der Waals surface area contributed by atoms with Gasteiger partial charge in [0.15, 0.2) is 0 Å². The summed E-state index contributed by atoms with van der Waals surface area (Å²) in [5, 5.41) is 4.48. The van der Waals surface area contributed by atoms with Gasteiger partial charge in [-0.2, -0.15) is 5.10 Å². The molecule has 0 unspecified atom stereocenters. The molecule has 2 aromatic rings. The molecule has 28 heavy (non-hydrogen) atoms. The van der Waals surface area contributed by atoms with Gasteiger partial charge in [-0.1, -0.05) is 12.1 Å². The van der Waals surface area contributed by atoms with Crippen LogP contribution >= 0.6 is 0 Å². The van der Waals surface area contributed by atoms with Crippen molar-refractivity contribution in [3.05, 3.63) is 51.9 Å². The Bertz CT molecular complexity index is 931. The Morgan fingerprint density at radius 1 is 1.14 bits per heavy atom. The lowest BCUT2D eigenvalue weighted by Gasteiger charge is -2.37. The highest BCUT2D eigenvalue weighted by Gasteiger charge is 2.28. The van der Waals surface area contributed by atoms with Crippen LogP contribution in [0, 0.1) is 0 Å². The third kappa shape index (κ3) is 3.37. The van der Waals surface area contributed by atoms with E-state index in [4.69, 9.17) is 4.74 Å². The smallest absolute Gasteiger partial charge is 0.267 e. The Morgan fingerprint density at radius 2 is 1.89 bits per heavy atom. The summed E-state index contributed by atoms with van der Waals surface area (Å²) >= 11 is 0. The molecule has 4 rings (SSSR count). The standard InChI is InChI=1S/C21H26N4O3/c1-15(25-20(26)14-16-6-5-7-17(16)22-25)21(27)24-12-10-23(11-13-24)18-8-3-4-9-19(18)28-2/h3-4,8-9,14-15H,5-7,10-13H2,1-2H3/t15-/m0/s1. The van der Waals surface area contributed by atoms with Crippen LogP contribution < -0.4 is 15.2 Å². The van der Waals surface area contributed by atoms with Crippen LogP contribution in [0.3, 0.4) is 0 Å². The Kier molecular flexibility index (Phi) is 5.07. The maximum atomic E-state index is 13.0. The first kappa shape index (κ1) is 18.5. The number of hydrogen-bond acceptors (Lipinski definition) is 5. The zero-order valence-electron chi connectivity index (χ0n) is 16.4. The maximum absolute atomic E-state index is 13.0. The predicted octanol–water partition coefficient (Wildman–Crippen LogP) is 1.65. The van der Waals surface area contributed by atoms with Gasteiger partial charge in [0.25, 0.3) is 5.56 Å². The SMILES string of the molecule is COc1ccccc1N1CCN(C(=O)[C@H](C)n2nc3c(cc2=O)CCC3)CC1. The average molecular weight is 382 g/mol. The molecule has 148 valence electrons. The van der Waals surface area contributed by atoms with Crippen LogP contribution in [0.25, 0.3) is 0 Å². The fourth-order valence-electron chi connectivity index (χ4n) is 4.12. The van der Waals surface area contributed by atoms with Crippen molar-refractivity contribution < 1.29 is 9.53 Å². The number of aryl methyl sites for hydroxylation is 2. The van der Waals surface area contributed by atoms with Crippen LogP contribution in [-0.2, 0) is 17.6 Å². The number of hydrogen-bond donors (Lipinski definition) is 0. The summed E-state index contributed by atoms with van der Waals surface area (Å²) in [6.07, 6.45) is 2.82. The van der Waals surface area contributed by atoms with Gasteiger partial charge in [0, 0.05) is 32.2 Å². The van der Waals surface area contributed by atoms with Gasteiger partial charge < -0.3 is 14.5 Å². The summed E-state index contributed by atoms with van der Waals surface area (Å²) in [5.74, 6) is 0.789. The number of carbonyl (C=O) groups excluding carboxylic acids is 1. The predicted molar refractivity (Wildman–Crippen MR) is 107 cm³/mol. The quantitative estimate of drug-likeness (QED) is 0.804. The van der Waals surface area contributed by atoms with E-state index >= 15 is 0 Å². The van der Waals surface area contributed by atoms with Gasteiger partial charge in [0.1, 0.15) is 11.8 Å². The Balaban J connectivity index is 1.45. The normalized spacial score (nSPS) is 17.4. The maximum Gasteiger partial charge on any atom is 0.267 e. The van der Waals surface area contributed by atoms with E-state index in [1.165, 1.54) is 4.68 Å². The van der Waals surface area contributed by atoms with Crippen LogP contribution in [0.1, 0.15) is 30.6 Å². The molecule has 1 aromatic heterocycles. The number of methoxy groups -OCH3 is 1. The number of para-hydroxylation sites is 2. The molecule has 2 heterocycles. The fourth-order valence-corrected chi connectivity index (χ4v) is 4.12. The van der Waals surface area contributed by atoms with Crippen LogP contribution in [0.15, 0.2) is 35.1 Å². The summed E-state index contributed by atoms with van der Waals surface area (Å²) in [6.45, 7) is 4.45. The summed E-state index contributed by atoms with van der Waals surface area (Å²) in [5.41, 5.74) is 2.85. The summed E-state index contributed by atoms with van der Waals surface area (Å²) in [4.78, 5) is 29.5. The molecule has 1 saturated heterocycles. The van der Waals surface area contributed by atoms with E-state index in [1.807, 2.05) is 29.2 Å². The van der Waals surface area contributed by atoms with Crippen molar-refractivity contribution in [2.45, 2.75) is 32.2 Å². The molecule has 7 heteroatoms. The number of nitrogens with zero attached hydrogens (tertiary/aromatic N) is 4. The van der Waals surface area contributed by atoms with Crippen molar-refractivity contribution in [1.29, 1.82) is 0 Å². The van der Waals surface area contributed by atoms with Gasteiger partial charge in [-0.15, -0.1) is 0 Å². The highest BCUT2D eigenvalue weighted by atomic mass is 16.5. The Labute approximate surface area is 164 Å². The number of piperazine rings is 1. The van der Waals surface area contributed by atoms with Gasteiger partial charge in [-0.05, 0) is 43.9 Å². The van der Waals surface area contributed by atoms with Gasteiger partial charge in [0.05, 0.1) is 18.5 Å². The van der Waals surface area contributed by atoms with Crippen molar-refractivity contribution >= 4 is 11.6 Å². The zero-order chi connectivity index (χ0) is 19.7. The largest absolute Gasteiger partial charge is 0.495 e. The second-order valence-corrected chi connectivity index (χ2v) is 7.41. The van der Waals surface area contributed by atoms with E-state index < -0.39 is 6.04 Å². The molecule has 0 radical (unpaired) electrons. The van der Waals surface area contributed by atoms with E-state index in [0.29, 0.717) is 13.1 Å². The van der Waals surface area contributed by atoms with E-state index in [1.54, 1.807) is 20.1 Å². The zero-order valence-corrected chi connectivity index (χ0v) is 16.4. The van der Waals surface area contributed by atoms with E-state index in [0.717, 1.165) is 55.0 Å². The number of fused-ring (bicyclic) bond motifs is 1. The molecular weight excluding hydrogens is 356 g/mol. The van der Waals surface area contributed by atoms with Gasteiger partial charge in [0.2, 0.25) is 5.91 Å². The molecule has 1 amide bonds. The molecule has 1 fully saturated rings. The number of amides is 1. The van der Waals surface area contributed by atoms with Gasteiger partial charge in [-0.25, -0.2) is 4.68 Å². The van der Waals surface area contributed by atoms with Gasteiger partial charge in [-0.3, -0.25) is 9.59 Å². The lowest BCUT2D eigenvalue weighted by molar-refractivity contribution is -0.135. The first-order chi connectivity index (χ1) is 13.6. The van der Waals surface area contributed by atoms with E-state index in [2.05, 4.69) is 10.00 Å². The summed E-state index contributed by atoms with van der Waals surface area (Å²) in [6, 6.07) is 8.98. The van der Waals surface area contributed by atoms with E-state index in [9.17, 15) is 9.59 Å². The number of carbonyl (C=O) groups is 1. The Hall–Kier alpha value is -2.83.